The molecule has 2 fully saturated rings. The highest BCUT2D eigenvalue weighted by Gasteiger charge is 2.27. The molecule has 79 heavy (non-hydrogen) atoms. The number of piperazine rings is 2. The van der Waals surface area contributed by atoms with Gasteiger partial charge in [-0.1, -0.05) is 119 Å². The van der Waals surface area contributed by atoms with Gasteiger partial charge in [-0.25, -0.2) is 19.9 Å². The Bertz CT molecular complexity index is 3010. The smallest absolute Gasteiger partial charge is 0.145 e. The third-order valence-corrected chi connectivity index (χ3v) is 15.4. The average Bonchev–Trinajstić information content (AvgIpc) is 3.46. The SMILES string of the molecule is CN(C)CCCNc1nc(CN2CCN(C(c3ccc(Cl)cc3)c3ccc(Cl)cc3)CC2)nc2ccccc12.CN(C)CCCNc1nc(CN2CCNCC2)nc2ccccc12.Clc1ccc(C(Cl)c2ccc(Cl)cc2)cc1. The lowest BCUT2D eigenvalue weighted by molar-refractivity contribution is 0.103. The maximum Gasteiger partial charge on any atom is 0.145 e. The molecule has 0 saturated carbocycles. The molecule has 2 saturated heterocycles. The zero-order chi connectivity index (χ0) is 55.5. The largest absolute Gasteiger partial charge is 0.369 e. The molecule has 0 aliphatic carbocycles. The molecule has 416 valence electrons. The van der Waals surface area contributed by atoms with Crippen molar-refractivity contribution in [1.82, 2.24) is 49.8 Å². The molecule has 3 N–H and O–H groups in total. The fraction of sp³-hybridized carbons (Fsp3) is 0.355. The Balaban J connectivity index is 0.000000174. The molecule has 0 atom stereocenters. The predicted octanol–water partition coefficient (Wildman–Crippen LogP) is 12.9. The van der Waals surface area contributed by atoms with Gasteiger partial charge in [0.1, 0.15) is 23.3 Å². The summed E-state index contributed by atoms with van der Waals surface area (Å²) < 4.78 is 0. The van der Waals surface area contributed by atoms with E-state index in [1.807, 2.05) is 97.1 Å². The van der Waals surface area contributed by atoms with Crippen molar-refractivity contribution in [2.24, 2.45) is 0 Å². The molecule has 4 heterocycles. The normalized spacial score (nSPS) is 14.4. The second-order valence-corrected chi connectivity index (χ2v) is 22.7. The maximum atomic E-state index is 6.35. The van der Waals surface area contributed by atoms with Crippen LogP contribution in [0.4, 0.5) is 11.6 Å². The highest BCUT2D eigenvalue weighted by molar-refractivity contribution is 6.31. The first-order valence-electron chi connectivity index (χ1n) is 27.2. The molecule has 0 spiro atoms. The number of nitrogens with zero attached hydrogens (tertiary/aromatic N) is 9. The Labute approximate surface area is 492 Å². The summed E-state index contributed by atoms with van der Waals surface area (Å²) in [5.74, 6) is 3.66. The first-order chi connectivity index (χ1) is 38.3. The van der Waals surface area contributed by atoms with Crippen molar-refractivity contribution in [1.29, 1.82) is 0 Å². The van der Waals surface area contributed by atoms with Crippen LogP contribution in [0.15, 0.2) is 146 Å². The van der Waals surface area contributed by atoms with Gasteiger partial charge >= 0.3 is 0 Å². The van der Waals surface area contributed by atoms with Crippen molar-refractivity contribution in [2.75, 3.05) is 117 Å². The number of rotatable bonds is 19. The summed E-state index contributed by atoms with van der Waals surface area (Å²) in [6, 6.07) is 48.1. The maximum absolute atomic E-state index is 6.35. The summed E-state index contributed by atoms with van der Waals surface area (Å²) in [5.41, 5.74) is 6.52. The minimum absolute atomic E-state index is 0.150. The van der Waals surface area contributed by atoms with E-state index in [0.717, 1.165) is 171 Å². The number of fused-ring (bicyclic) bond motifs is 2. The van der Waals surface area contributed by atoms with Crippen LogP contribution in [-0.2, 0) is 13.1 Å². The summed E-state index contributed by atoms with van der Waals surface area (Å²) in [7, 11) is 8.41. The Morgan fingerprint density at radius 1 is 0.468 bits per heavy atom. The van der Waals surface area contributed by atoms with Crippen LogP contribution < -0.4 is 16.0 Å². The van der Waals surface area contributed by atoms with Gasteiger partial charge in [-0.05, 0) is 149 Å². The molecule has 0 radical (unpaired) electrons. The first kappa shape index (κ1) is 59.9. The first-order valence-corrected chi connectivity index (χ1v) is 29.1. The summed E-state index contributed by atoms with van der Waals surface area (Å²) in [6.45, 7) is 13.5. The standard InChI is InChI=1S/C31H36Cl2N6.C18H28N6.C13H9Cl3/c1-37(2)17-5-16-34-31-27-6-3-4-7-28(27)35-29(36-31)22-38-18-20-39(21-19-38)30(23-8-12-25(32)13-9-23)24-10-14-26(33)15-11-24;1-23(2)11-5-8-20-18-15-6-3-4-7-16(15)21-17(22-18)14-24-12-9-19-10-13-24;14-11-5-1-9(2-6-11)13(16)10-3-7-12(15)8-4-10/h3-4,6-15,30H,5,16-22H2,1-2H3,(H,34,35,36);3-4,6-7,19H,5,8-14H2,1-2H3,(H,20,21,22);1-8,13H. The van der Waals surface area contributed by atoms with Crippen molar-refractivity contribution >= 4 is 91.4 Å². The topological polar surface area (TPSA) is 104 Å². The number of hydrogen-bond donors (Lipinski definition) is 3. The van der Waals surface area contributed by atoms with Gasteiger partial charge in [0, 0.05) is 96.3 Å². The lowest BCUT2D eigenvalue weighted by Crippen LogP contribution is -2.47. The van der Waals surface area contributed by atoms with Gasteiger partial charge < -0.3 is 25.8 Å². The summed E-state index contributed by atoms with van der Waals surface area (Å²) >= 11 is 30.4. The van der Waals surface area contributed by atoms with E-state index < -0.39 is 0 Å². The Morgan fingerprint density at radius 2 is 0.835 bits per heavy atom. The molecular formula is C62H73Cl5N12. The van der Waals surface area contributed by atoms with E-state index in [2.05, 4.69) is 117 Å². The van der Waals surface area contributed by atoms with Gasteiger partial charge in [0.15, 0.2) is 0 Å². The van der Waals surface area contributed by atoms with E-state index in [1.165, 1.54) is 11.1 Å². The lowest BCUT2D eigenvalue weighted by atomic mass is 9.96. The van der Waals surface area contributed by atoms with E-state index >= 15 is 0 Å². The molecule has 6 aromatic carbocycles. The van der Waals surface area contributed by atoms with Gasteiger partial charge in [-0.2, -0.15) is 0 Å². The van der Waals surface area contributed by atoms with E-state index in [9.17, 15) is 0 Å². The van der Waals surface area contributed by atoms with Gasteiger partial charge in [0.05, 0.1) is 35.5 Å². The number of aromatic nitrogens is 4. The zero-order valence-corrected chi connectivity index (χ0v) is 49.5. The Morgan fingerprint density at radius 3 is 1.23 bits per heavy atom. The number of nitrogens with one attached hydrogen (secondary N) is 3. The molecule has 2 aliphatic rings. The van der Waals surface area contributed by atoms with Crippen LogP contribution in [0.1, 0.15) is 58.2 Å². The van der Waals surface area contributed by atoms with Crippen LogP contribution >= 0.6 is 58.0 Å². The number of halogens is 5. The fourth-order valence-electron chi connectivity index (χ4n) is 9.67. The van der Waals surface area contributed by atoms with Crippen LogP contribution in [0.3, 0.4) is 0 Å². The van der Waals surface area contributed by atoms with Gasteiger partial charge in [0.2, 0.25) is 0 Å². The molecule has 17 heteroatoms. The Hall–Kier alpha value is -5.19. The van der Waals surface area contributed by atoms with Crippen molar-refractivity contribution < 1.29 is 0 Å². The van der Waals surface area contributed by atoms with Crippen LogP contribution in [0, 0.1) is 0 Å². The molecule has 0 unspecified atom stereocenters. The van der Waals surface area contributed by atoms with Crippen LogP contribution in [0.5, 0.6) is 0 Å². The molecule has 2 aromatic heterocycles. The van der Waals surface area contributed by atoms with E-state index in [1.54, 1.807) is 0 Å². The zero-order valence-electron chi connectivity index (χ0n) is 45.7. The van der Waals surface area contributed by atoms with Gasteiger partial charge in [0.25, 0.3) is 0 Å². The number of para-hydroxylation sites is 2. The molecule has 2 aliphatic heterocycles. The minimum atomic E-state index is -0.172. The van der Waals surface area contributed by atoms with Gasteiger partial charge in [-0.3, -0.25) is 14.7 Å². The van der Waals surface area contributed by atoms with E-state index in [-0.39, 0.29) is 11.4 Å². The van der Waals surface area contributed by atoms with E-state index in [0.29, 0.717) is 10.0 Å². The van der Waals surface area contributed by atoms with E-state index in [4.69, 9.17) is 77.9 Å². The third kappa shape index (κ3) is 18.4. The fourth-order valence-corrected chi connectivity index (χ4v) is 10.5. The quantitative estimate of drug-likeness (QED) is 0.0531. The van der Waals surface area contributed by atoms with Crippen LogP contribution in [0.25, 0.3) is 21.8 Å². The van der Waals surface area contributed by atoms with Crippen molar-refractivity contribution in [3.63, 3.8) is 0 Å². The highest BCUT2D eigenvalue weighted by Crippen LogP contribution is 2.33. The highest BCUT2D eigenvalue weighted by atomic mass is 35.5. The summed E-state index contributed by atoms with van der Waals surface area (Å²) in [4.78, 5) is 31.3. The monoisotopic (exact) mass is 1160 g/mol. The molecule has 0 bridgehead atoms. The molecular weight excluding hydrogens is 1090 g/mol. The van der Waals surface area contributed by atoms with Gasteiger partial charge in [-0.15, -0.1) is 11.6 Å². The van der Waals surface area contributed by atoms with Crippen LogP contribution in [0.2, 0.25) is 20.1 Å². The van der Waals surface area contributed by atoms with Crippen LogP contribution in [-0.4, -0.2) is 151 Å². The molecule has 12 nitrogen and oxygen atoms in total. The molecule has 8 aromatic rings. The van der Waals surface area contributed by atoms with Crippen molar-refractivity contribution in [3.05, 3.63) is 200 Å². The molecule has 0 amide bonds. The summed E-state index contributed by atoms with van der Waals surface area (Å²) in [6.07, 6.45) is 2.16. The minimum Gasteiger partial charge on any atom is -0.369 e. The second kappa shape index (κ2) is 30.6. The predicted molar refractivity (Wildman–Crippen MR) is 333 cm³/mol. The number of benzene rings is 6. The number of alkyl halides is 1. The van der Waals surface area contributed by atoms with Crippen molar-refractivity contribution in [2.45, 2.75) is 37.4 Å². The number of hydrogen-bond acceptors (Lipinski definition) is 12. The van der Waals surface area contributed by atoms with Crippen molar-refractivity contribution in [3.8, 4) is 0 Å². The number of anilines is 2. The summed E-state index contributed by atoms with van der Waals surface area (Å²) in [5, 5.41) is 15.4. The lowest BCUT2D eigenvalue weighted by Gasteiger charge is -2.39. The second-order valence-electron chi connectivity index (χ2n) is 20.5. The third-order valence-electron chi connectivity index (χ3n) is 13.9. The molecule has 10 rings (SSSR count). The average molecular weight is 1160 g/mol. The Kier molecular flexibility index (Phi) is 23.2.